The molecule has 2 aromatic carbocycles. The molecule has 1 saturated heterocycles. The summed E-state index contributed by atoms with van der Waals surface area (Å²) in [5.41, 5.74) is 3.30. The number of aliphatic imine (C=N–C) groups is 1. The Balaban J connectivity index is 1.82. The van der Waals surface area contributed by atoms with Crippen molar-refractivity contribution in [2.75, 3.05) is 18.4 Å². The third-order valence-corrected chi connectivity index (χ3v) is 4.79. The second-order valence-corrected chi connectivity index (χ2v) is 6.98. The van der Waals surface area contributed by atoms with E-state index < -0.39 is 6.04 Å². The predicted octanol–water partition coefficient (Wildman–Crippen LogP) is 3.24. The van der Waals surface area contributed by atoms with Gasteiger partial charge < -0.3 is 10.1 Å². The summed E-state index contributed by atoms with van der Waals surface area (Å²) >= 11 is 0. The third kappa shape index (κ3) is 3.28. The highest BCUT2D eigenvalue weighted by Gasteiger charge is 2.37. The minimum Gasteiger partial charge on any atom is -0.373 e. The molecular formula is C21H23N3O2. The Kier molecular flexibility index (Phi) is 4.57. The average Bonchev–Trinajstić information content (AvgIpc) is 2.77. The van der Waals surface area contributed by atoms with E-state index in [1.165, 1.54) is 0 Å². The summed E-state index contributed by atoms with van der Waals surface area (Å²) in [5, 5.41) is 3.06. The maximum Gasteiger partial charge on any atom is 0.248 e. The number of para-hydroxylation sites is 2. The van der Waals surface area contributed by atoms with Crippen molar-refractivity contribution in [1.29, 1.82) is 0 Å². The van der Waals surface area contributed by atoms with E-state index in [4.69, 9.17) is 9.73 Å². The first-order chi connectivity index (χ1) is 12.6. The fraction of sp³-hybridized carbons (Fsp3) is 0.333. The monoisotopic (exact) mass is 349 g/mol. The molecule has 2 aliphatic heterocycles. The molecule has 0 spiro atoms. The second kappa shape index (κ2) is 7.02. The molecule has 4 rings (SSSR count). The number of rotatable bonds is 2. The molecule has 1 amide bonds. The molecule has 2 aromatic rings. The Labute approximate surface area is 153 Å². The molecule has 2 heterocycles. The number of morpholine rings is 1. The summed E-state index contributed by atoms with van der Waals surface area (Å²) in [6, 6.07) is 17.2. The predicted molar refractivity (Wildman–Crippen MR) is 103 cm³/mol. The normalized spacial score (nSPS) is 26.5. The molecule has 1 N–H and O–H groups in total. The van der Waals surface area contributed by atoms with E-state index >= 15 is 0 Å². The molecule has 5 heteroatoms. The Morgan fingerprint density at radius 2 is 1.65 bits per heavy atom. The van der Waals surface area contributed by atoms with E-state index in [2.05, 4.69) is 10.2 Å². The minimum atomic E-state index is -0.446. The van der Waals surface area contributed by atoms with Gasteiger partial charge in [0.05, 0.1) is 29.3 Å². The molecule has 1 fully saturated rings. The lowest BCUT2D eigenvalue weighted by atomic mass is 9.99. The molecule has 0 unspecified atom stereocenters. The Hall–Kier alpha value is -2.50. The molecule has 0 aromatic heterocycles. The lowest BCUT2D eigenvalue weighted by molar-refractivity contribution is -0.124. The van der Waals surface area contributed by atoms with E-state index in [-0.39, 0.29) is 18.1 Å². The van der Waals surface area contributed by atoms with Gasteiger partial charge in [0.2, 0.25) is 5.91 Å². The molecular weight excluding hydrogens is 326 g/mol. The zero-order valence-corrected chi connectivity index (χ0v) is 15.1. The van der Waals surface area contributed by atoms with Crippen molar-refractivity contribution >= 4 is 23.0 Å². The van der Waals surface area contributed by atoms with Crippen molar-refractivity contribution < 1.29 is 9.53 Å². The number of hydrogen-bond donors (Lipinski definition) is 1. The maximum atomic E-state index is 13.2. The van der Waals surface area contributed by atoms with Gasteiger partial charge in [-0.2, -0.15) is 0 Å². The van der Waals surface area contributed by atoms with E-state index in [1.54, 1.807) is 0 Å². The number of amides is 1. The standard InChI is InChI=1S/C21H23N3O2/c1-14-12-24(13-15(2)26-14)20-19(16-8-4-3-5-9-16)22-17-10-6-7-11-18(17)23-21(20)25/h3-11,14-15,20H,12-13H2,1-2H3,(H,23,25)/t14-,15-,20+/m0/s1. The number of carbonyl (C=O) groups is 1. The van der Waals surface area contributed by atoms with Gasteiger partial charge in [-0.25, -0.2) is 4.99 Å². The van der Waals surface area contributed by atoms with E-state index in [0.29, 0.717) is 13.1 Å². The molecule has 0 radical (unpaired) electrons. The summed E-state index contributed by atoms with van der Waals surface area (Å²) in [4.78, 5) is 20.3. The molecule has 0 saturated carbocycles. The smallest absolute Gasteiger partial charge is 0.248 e. The Bertz CT molecular complexity index is 824. The Morgan fingerprint density at radius 1 is 1.00 bits per heavy atom. The summed E-state index contributed by atoms with van der Waals surface area (Å²) in [6.07, 6.45) is 0.156. The van der Waals surface area contributed by atoms with Gasteiger partial charge in [-0.1, -0.05) is 42.5 Å². The third-order valence-electron chi connectivity index (χ3n) is 4.79. The van der Waals surface area contributed by atoms with Gasteiger partial charge in [0, 0.05) is 13.1 Å². The van der Waals surface area contributed by atoms with Crippen LogP contribution in [0.5, 0.6) is 0 Å². The van der Waals surface area contributed by atoms with Gasteiger partial charge in [-0.3, -0.25) is 9.69 Å². The maximum absolute atomic E-state index is 13.2. The Morgan fingerprint density at radius 3 is 2.38 bits per heavy atom. The van der Waals surface area contributed by atoms with Crippen LogP contribution in [0.25, 0.3) is 0 Å². The summed E-state index contributed by atoms with van der Waals surface area (Å²) in [5.74, 6) is -0.0427. The summed E-state index contributed by atoms with van der Waals surface area (Å²) < 4.78 is 5.86. The molecule has 5 nitrogen and oxygen atoms in total. The van der Waals surface area contributed by atoms with Crippen LogP contribution >= 0.6 is 0 Å². The average molecular weight is 349 g/mol. The lowest BCUT2D eigenvalue weighted by Gasteiger charge is -2.39. The fourth-order valence-corrected chi connectivity index (χ4v) is 3.79. The van der Waals surface area contributed by atoms with Gasteiger partial charge in [0.1, 0.15) is 6.04 Å². The van der Waals surface area contributed by atoms with Crippen molar-refractivity contribution in [3.05, 3.63) is 60.2 Å². The van der Waals surface area contributed by atoms with Gasteiger partial charge in [-0.15, -0.1) is 0 Å². The molecule has 3 atom stereocenters. The zero-order valence-electron chi connectivity index (χ0n) is 15.1. The van der Waals surface area contributed by atoms with Crippen LogP contribution in [0.1, 0.15) is 19.4 Å². The van der Waals surface area contributed by atoms with Crippen LogP contribution < -0.4 is 5.32 Å². The van der Waals surface area contributed by atoms with Crippen LogP contribution in [0, 0.1) is 0 Å². The summed E-state index contributed by atoms with van der Waals surface area (Å²) in [7, 11) is 0. The van der Waals surface area contributed by atoms with E-state index in [0.717, 1.165) is 22.6 Å². The first-order valence-corrected chi connectivity index (χ1v) is 9.05. The summed E-state index contributed by atoms with van der Waals surface area (Å²) in [6.45, 7) is 5.49. The van der Waals surface area contributed by atoms with Gasteiger partial charge >= 0.3 is 0 Å². The topological polar surface area (TPSA) is 53.9 Å². The molecule has 134 valence electrons. The quantitative estimate of drug-likeness (QED) is 0.906. The molecule has 0 bridgehead atoms. The van der Waals surface area contributed by atoms with Gasteiger partial charge in [0.25, 0.3) is 0 Å². The number of fused-ring (bicyclic) bond motifs is 1. The number of hydrogen-bond acceptors (Lipinski definition) is 4. The second-order valence-electron chi connectivity index (χ2n) is 6.98. The van der Waals surface area contributed by atoms with Crippen molar-refractivity contribution in [2.24, 2.45) is 4.99 Å². The number of ether oxygens (including phenoxy) is 1. The number of nitrogens with one attached hydrogen (secondary N) is 1. The first-order valence-electron chi connectivity index (χ1n) is 9.05. The SMILES string of the molecule is C[C@H]1CN([C@H]2C(=O)Nc3ccccc3N=C2c2ccccc2)C[C@H](C)O1. The van der Waals surface area contributed by atoms with Crippen LogP contribution in [-0.4, -0.2) is 47.9 Å². The minimum absolute atomic E-state index is 0.0427. The fourth-order valence-electron chi connectivity index (χ4n) is 3.79. The molecule has 26 heavy (non-hydrogen) atoms. The first kappa shape index (κ1) is 16.9. The largest absolute Gasteiger partial charge is 0.373 e. The highest BCUT2D eigenvalue weighted by molar-refractivity contribution is 6.22. The zero-order chi connectivity index (χ0) is 18.1. The van der Waals surface area contributed by atoms with Gasteiger partial charge in [0.15, 0.2) is 0 Å². The van der Waals surface area contributed by atoms with Crippen LogP contribution in [0.2, 0.25) is 0 Å². The van der Waals surface area contributed by atoms with Crippen LogP contribution in [0.4, 0.5) is 11.4 Å². The van der Waals surface area contributed by atoms with Crippen molar-refractivity contribution in [2.45, 2.75) is 32.1 Å². The van der Waals surface area contributed by atoms with Gasteiger partial charge in [-0.05, 0) is 31.5 Å². The number of nitrogens with zero attached hydrogens (tertiary/aromatic N) is 2. The molecule has 2 aliphatic rings. The van der Waals surface area contributed by atoms with Crippen molar-refractivity contribution in [1.82, 2.24) is 4.90 Å². The highest BCUT2D eigenvalue weighted by Crippen LogP contribution is 2.30. The van der Waals surface area contributed by atoms with Crippen LogP contribution in [-0.2, 0) is 9.53 Å². The molecule has 0 aliphatic carbocycles. The van der Waals surface area contributed by atoms with Crippen LogP contribution in [0.3, 0.4) is 0 Å². The van der Waals surface area contributed by atoms with Crippen molar-refractivity contribution in [3.8, 4) is 0 Å². The van der Waals surface area contributed by atoms with Crippen LogP contribution in [0.15, 0.2) is 59.6 Å². The lowest BCUT2D eigenvalue weighted by Crippen LogP contribution is -2.56. The van der Waals surface area contributed by atoms with E-state index in [1.807, 2.05) is 68.4 Å². The van der Waals surface area contributed by atoms with Crippen molar-refractivity contribution in [3.63, 3.8) is 0 Å². The number of carbonyl (C=O) groups excluding carboxylic acids is 1. The van der Waals surface area contributed by atoms with E-state index in [9.17, 15) is 4.79 Å². The number of anilines is 1. The highest BCUT2D eigenvalue weighted by atomic mass is 16.5. The number of benzene rings is 2.